The zero-order valence-electron chi connectivity index (χ0n) is 22.6. The average molecular weight is 510 g/mol. The molecule has 2 saturated carbocycles. The van der Waals surface area contributed by atoms with Gasteiger partial charge in [-0.05, 0) is 103 Å². The number of ketones is 1. The number of allylic oxidation sites excluding steroid dienone is 4. The van der Waals surface area contributed by atoms with Crippen LogP contribution in [0, 0.1) is 34.9 Å². The Balaban J connectivity index is 1.44. The Morgan fingerprint density at radius 3 is 2.53 bits per heavy atom. The van der Waals surface area contributed by atoms with Crippen LogP contribution in [0.4, 0.5) is 10.1 Å². The van der Waals surface area contributed by atoms with Gasteiger partial charge >= 0.3 is 0 Å². The molecule has 0 spiro atoms. The highest BCUT2D eigenvalue weighted by molar-refractivity contribution is 5.93. The molecule has 2 aromatic carbocycles. The maximum atomic E-state index is 15.4. The lowest BCUT2D eigenvalue weighted by Crippen LogP contribution is -2.51. The molecule has 0 radical (unpaired) electrons. The molecule has 38 heavy (non-hydrogen) atoms. The van der Waals surface area contributed by atoms with Crippen LogP contribution in [-0.4, -0.2) is 30.6 Å². The summed E-state index contributed by atoms with van der Waals surface area (Å²) in [7, 11) is 4.02. The average Bonchev–Trinajstić information content (AvgIpc) is 3.17. The first-order chi connectivity index (χ1) is 18.2. The van der Waals surface area contributed by atoms with E-state index >= 15 is 4.39 Å². The van der Waals surface area contributed by atoms with Crippen molar-refractivity contribution in [2.24, 2.45) is 17.3 Å². The minimum absolute atomic E-state index is 0.125. The highest BCUT2D eigenvalue weighted by Gasteiger charge is 2.62. The molecule has 0 saturated heterocycles. The van der Waals surface area contributed by atoms with Gasteiger partial charge in [-0.1, -0.05) is 42.5 Å². The van der Waals surface area contributed by atoms with Crippen LogP contribution in [0.2, 0.25) is 0 Å². The van der Waals surface area contributed by atoms with E-state index < -0.39 is 11.0 Å². The van der Waals surface area contributed by atoms with Crippen molar-refractivity contribution in [2.45, 2.75) is 63.4 Å². The first-order valence-corrected chi connectivity index (χ1v) is 13.9. The lowest BCUT2D eigenvalue weighted by molar-refractivity contribution is -0.114. The van der Waals surface area contributed by atoms with Crippen molar-refractivity contribution < 1.29 is 14.3 Å². The highest BCUT2D eigenvalue weighted by Crippen LogP contribution is 2.66. The molecule has 2 fully saturated rings. The van der Waals surface area contributed by atoms with Gasteiger partial charge in [0.15, 0.2) is 5.78 Å². The van der Waals surface area contributed by atoms with E-state index in [2.05, 4.69) is 23.7 Å². The quantitative estimate of drug-likeness (QED) is 0.465. The Bertz CT molecular complexity index is 1410. The van der Waals surface area contributed by atoms with Gasteiger partial charge < -0.3 is 10.0 Å². The third-order valence-corrected chi connectivity index (χ3v) is 9.96. The molecule has 4 heteroatoms. The van der Waals surface area contributed by atoms with Crippen molar-refractivity contribution in [2.75, 3.05) is 19.0 Å². The standard InChI is InChI=1S/C34H36FNO2/c1-33-21-29(27-6-4-5-7-31(27)35)32-26-15-13-25(37)20-23(26)10-14-28(32)30(33)17-19-34(33,38)18-16-22-8-11-24(12-9-22)36(2)3/h4-9,11-12,20,28-30,38H,10,13-15,17,19,21H2,1-3H3/t28-,29+,30-,33-,34-/m0/s1. The molecule has 4 aliphatic carbocycles. The summed E-state index contributed by atoms with van der Waals surface area (Å²) in [5.41, 5.74) is 4.88. The van der Waals surface area contributed by atoms with Crippen molar-refractivity contribution in [1.29, 1.82) is 0 Å². The van der Waals surface area contributed by atoms with E-state index in [0.717, 1.165) is 42.5 Å². The minimum atomic E-state index is -1.14. The van der Waals surface area contributed by atoms with E-state index in [9.17, 15) is 9.90 Å². The molecular weight excluding hydrogens is 473 g/mol. The normalized spacial score (nSPS) is 32.0. The van der Waals surface area contributed by atoms with E-state index in [1.54, 1.807) is 12.1 Å². The smallest absolute Gasteiger partial charge is 0.156 e. The van der Waals surface area contributed by atoms with Crippen LogP contribution < -0.4 is 4.90 Å². The zero-order chi connectivity index (χ0) is 26.7. The summed E-state index contributed by atoms with van der Waals surface area (Å²) < 4.78 is 15.4. The second kappa shape index (κ2) is 9.24. The highest BCUT2D eigenvalue weighted by atomic mass is 19.1. The summed E-state index contributed by atoms with van der Waals surface area (Å²) >= 11 is 0. The Hall–Kier alpha value is -3.16. The van der Waals surface area contributed by atoms with Gasteiger partial charge in [-0.2, -0.15) is 0 Å². The summed E-state index contributed by atoms with van der Waals surface area (Å²) in [5.74, 6) is 7.06. The van der Waals surface area contributed by atoms with Crippen LogP contribution in [0.3, 0.4) is 0 Å². The van der Waals surface area contributed by atoms with Crippen molar-refractivity contribution in [1.82, 2.24) is 0 Å². The fourth-order valence-electron chi connectivity index (χ4n) is 7.93. The summed E-state index contributed by atoms with van der Waals surface area (Å²) in [6, 6.07) is 15.2. The third kappa shape index (κ3) is 3.95. The lowest BCUT2D eigenvalue weighted by atomic mass is 9.51. The summed E-state index contributed by atoms with van der Waals surface area (Å²) in [6.45, 7) is 2.19. The number of hydrogen-bond acceptors (Lipinski definition) is 3. The Morgan fingerprint density at radius 2 is 1.79 bits per heavy atom. The van der Waals surface area contributed by atoms with E-state index in [1.165, 1.54) is 11.1 Å². The maximum absolute atomic E-state index is 15.4. The van der Waals surface area contributed by atoms with Crippen molar-refractivity contribution >= 4 is 11.5 Å². The third-order valence-electron chi connectivity index (χ3n) is 9.96. The minimum Gasteiger partial charge on any atom is -0.378 e. The second-order valence-electron chi connectivity index (χ2n) is 12.1. The number of rotatable bonds is 2. The van der Waals surface area contributed by atoms with E-state index in [-0.39, 0.29) is 29.4 Å². The van der Waals surface area contributed by atoms with Gasteiger partial charge in [-0.3, -0.25) is 4.79 Å². The number of anilines is 1. The number of carbonyl (C=O) groups excluding carboxylic acids is 1. The Labute approximate surface area is 225 Å². The fraction of sp³-hybridized carbons (Fsp3) is 0.441. The molecule has 0 amide bonds. The van der Waals surface area contributed by atoms with Crippen molar-refractivity contribution in [3.05, 3.63) is 88.3 Å². The number of hydrogen-bond donors (Lipinski definition) is 1. The first kappa shape index (κ1) is 25.1. The number of halogens is 1. The Kier molecular flexibility index (Phi) is 6.11. The molecule has 196 valence electrons. The molecule has 5 atom stereocenters. The lowest BCUT2D eigenvalue weighted by Gasteiger charge is -2.53. The van der Waals surface area contributed by atoms with Crippen LogP contribution in [0.5, 0.6) is 0 Å². The van der Waals surface area contributed by atoms with Crippen LogP contribution in [0.25, 0.3) is 0 Å². The molecule has 0 bridgehead atoms. The monoisotopic (exact) mass is 509 g/mol. The maximum Gasteiger partial charge on any atom is 0.156 e. The molecule has 1 N–H and O–H groups in total. The van der Waals surface area contributed by atoms with Gasteiger partial charge in [-0.15, -0.1) is 0 Å². The summed E-state index contributed by atoms with van der Waals surface area (Å²) in [4.78, 5) is 14.3. The second-order valence-corrected chi connectivity index (χ2v) is 12.1. The van der Waals surface area contributed by atoms with Crippen molar-refractivity contribution in [3.63, 3.8) is 0 Å². The molecule has 3 nitrogen and oxygen atoms in total. The molecule has 6 rings (SSSR count). The molecule has 0 unspecified atom stereocenters. The van der Waals surface area contributed by atoms with Crippen LogP contribution in [0.1, 0.15) is 68.9 Å². The van der Waals surface area contributed by atoms with Crippen molar-refractivity contribution in [3.8, 4) is 11.8 Å². The molecule has 4 aliphatic rings. The fourth-order valence-corrected chi connectivity index (χ4v) is 7.93. The summed E-state index contributed by atoms with van der Waals surface area (Å²) in [6.07, 6.45) is 7.13. The van der Waals surface area contributed by atoms with E-state index in [4.69, 9.17) is 0 Å². The van der Waals surface area contributed by atoms with Gasteiger partial charge in [0.25, 0.3) is 0 Å². The van der Waals surface area contributed by atoms with Crippen LogP contribution >= 0.6 is 0 Å². The van der Waals surface area contributed by atoms with Gasteiger partial charge in [0, 0.05) is 43.1 Å². The van der Waals surface area contributed by atoms with Gasteiger partial charge in [-0.25, -0.2) is 4.39 Å². The number of carbonyl (C=O) groups is 1. The first-order valence-electron chi connectivity index (χ1n) is 13.9. The van der Waals surface area contributed by atoms with Crippen LogP contribution in [-0.2, 0) is 4.79 Å². The van der Waals surface area contributed by atoms with Gasteiger partial charge in [0.2, 0.25) is 0 Å². The number of nitrogens with zero attached hydrogens (tertiary/aromatic N) is 1. The van der Waals surface area contributed by atoms with Gasteiger partial charge in [0.05, 0.1) is 0 Å². The van der Waals surface area contributed by atoms with Crippen LogP contribution in [0.15, 0.2) is 71.3 Å². The molecule has 0 aliphatic heterocycles. The SMILES string of the molecule is CN(C)c1ccc(C#C[C@]2(O)CC[C@H]3[C@@H]4CCC5=CC(=O)CCC5=C4[C@@H](c4ccccc4F)C[C@@]32C)cc1. The molecule has 0 aromatic heterocycles. The summed E-state index contributed by atoms with van der Waals surface area (Å²) in [5, 5.41) is 12.2. The van der Waals surface area contributed by atoms with Gasteiger partial charge in [0.1, 0.15) is 11.4 Å². The molecule has 0 heterocycles. The zero-order valence-corrected chi connectivity index (χ0v) is 22.6. The topological polar surface area (TPSA) is 40.5 Å². The molecule has 2 aromatic rings. The number of aliphatic hydroxyl groups is 1. The van der Waals surface area contributed by atoms with E-state index in [0.29, 0.717) is 24.8 Å². The largest absolute Gasteiger partial charge is 0.378 e. The Morgan fingerprint density at radius 1 is 1.03 bits per heavy atom. The number of benzene rings is 2. The number of fused-ring (bicyclic) bond motifs is 4. The predicted molar refractivity (Wildman–Crippen MR) is 149 cm³/mol. The van der Waals surface area contributed by atoms with E-state index in [1.807, 2.05) is 56.6 Å². The predicted octanol–water partition coefficient (Wildman–Crippen LogP) is 6.57. The molecular formula is C34H36FNO2.